The summed E-state index contributed by atoms with van der Waals surface area (Å²) in [7, 11) is 1.61. The molecule has 5 rings (SSSR count). The van der Waals surface area contributed by atoms with E-state index in [1.54, 1.807) is 31.4 Å². The van der Waals surface area contributed by atoms with Gasteiger partial charge in [-0.05, 0) is 29.7 Å². The minimum Gasteiger partial charge on any atom is -0.497 e. The molecule has 202 valence electrons. The number of methoxy groups -OCH3 is 1. The van der Waals surface area contributed by atoms with Gasteiger partial charge in [0.1, 0.15) is 11.6 Å². The molecule has 1 N–H and O–H groups in total. The molecule has 38 heavy (non-hydrogen) atoms. The third kappa shape index (κ3) is 5.56. The van der Waals surface area contributed by atoms with Gasteiger partial charge >= 0.3 is 6.18 Å². The summed E-state index contributed by atoms with van der Waals surface area (Å²) >= 11 is 0. The molecule has 0 aliphatic carbocycles. The number of fused-ring (bicyclic) bond motifs is 1. The van der Waals surface area contributed by atoms with Crippen molar-refractivity contribution in [1.82, 2.24) is 14.7 Å². The van der Waals surface area contributed by atoms with Crippen molar-refractivity contribution in [2.75, 3.05) is 38.7 Å². The Morgan fingerprint density at radius 2 is 1.84 bits per heavy atom. The van der Waals surface area contributed by atoms with Gasteiger partial charge < -0.3 is 14.8 Å². The van der Waals surface area contributed by atoms with E-state index in [4.69, 9.17) is 9.47 Å². The second-order valence-corrected chi connectivity index (χ2v) is 9.65. The molecule has 0 spiro atoms. The highest BCUT2D eigenvalue weighted by Gasteiger charge is 2.47. The van der Waals surface area contributed by atoms with E-state index < -0.39 is 18.3 Å². The lowest BCUT2D eigenvalue weighted by Gasteiger charge is -2.35. The van der Waals surface area contributed by atoms with Crippen molar-refractivity contribution in [1.29, 1.82) is 0 Å². The quantitative estimate of drug-likeness (QED) is 0.385. The maximum absolute atomic E-state index is 14.0. The number of aromatic nitrogens is 2. The molecular weight excluding hydrogens is 497 g/mol. The molecule has 2 aliphatic rings. The molecule has 3 atom stereocenters. The van der Waals surface area contributed by atoms with Gasteiger partial charge in [0, 0.05) is 32.0 Å². The number of ether oxygens (including phenoxy) is 2. The molecule has 0 saturated carbocycles. The van der Waals surface area contributed by atoms with Gasteiger partial charge in [-0.1, -0.05) is 42.5 Å². The highest BCUT2D eigenvalue weighted by Crippen LogP contribution is 2.44. The van der Waals surface area contributed by atoms with Gasteiger partial charge in [0.2, 0.25) is 0 Å². The molecule has 10 heteroatoms. The van der Waals surface area contributed by atoms with Gasteiger partial charge in [-0.3, -0.25) is 9.69 Å². The number of halogens is 3. The predicted molar refractivity (Wildman–Crippen MR) is 136 cm³/mol. The molecule has 1 unspecified atom stereocenters. The van der Waals surface area contributed by atoms with E-state index in [9.17, 15) is 18.0 Å². The van der Waals surface area contributed by atoms with Crippen LogP contribution in [-0.2, 0) is 4.74 Å². The minimum absolute atomic E-state index is 0.0342. The van der Waals surface area contributed by atoms with Crippen LogP contribution in [0.4, 0.5) is 19.0 Å². The van der Waals surface area contributed by atoms with Crippen LogP contribution in [0, 0.1) is 0 Å². The zero-order chi connectivity index (χ0) is 26.7. The molecule has 1 fully saturated rings. The topological polar surface area (TPSA) is 68.6 Å². The SMILES string of the molecule is COc1ccc(C(CCC(=O)c2cnn3c2N[C@@H](c2ccccc2)C[C@H]3C(F)(F)F)N2CCOCC2)cc1. The van der Waals surface area contributed by atoms with Gasteiger partial charge in [0.25, 0.3) is 0 Å². The number of hydrogen-bond donors (Lipinski definition) is 1. The van der Waals surface area contributed by atoms with Crippen LogP contribution in [0.5, 0.6) is 5.75 Å². The fourth-order valence-corrected chi connectivity index (χ4v) is 5.35. The van der Waals surface area contributed by atoms with E-state index in [1.807, 2.05) is 30.3 Å². The maximum Gasteiger partial charge on any atom is 0.410 e. The van der Waals surface area contributed by atoms with Crippen molar-refractivity contribution < 1.29 is 27.4 Å². The number of hydrogen-bond acceptors (Lipinski definition) is 6. The van der Waals surface area contributed by atoms with Crippen molar-refractivity contribution >= 4 is 11.6 Å². The van der Waals surface area contributed by atoms with Crippen molar-refractivity contribution in [2.24, 2.45) is 0 Å². The van der Waals surface area contributed by atoms with E-state index in [0.29, 0.717) is 19.6 Å². The second-order valence-electron chi connectivity index (χ2n) is 9.65. The Hall–Kier alpha value is -3.37. The number of nitrogens with one attached hydrogen (secondary N) is 1. The maximum atomic E-state index is 14.0. The van der Waals surface area contributed by atoms with E-state index in [1.165, 1.54) is 6.20 Å². The zero-order valence-corrected chi connectivity index (χ0v) is 21.2. The molecule has 3 heterocycles. The number of nitrogens with zero attached hydrogens (tertiary/aromatic N) is 3. The van der Waals surface area contributed by atoms with Gasteiger partial charge in [-0.2, -0.15) is 18.3 Å². The standard InChI is InChI=1S/C28H31F3N4O3/c1-37-21-9-7-20(8-10-21)24(34-13-15-38-16-14-34)11-12-25(36)22-18-32-35-26(28(29,30)31)17-23(33-27(22)35)19-5-3-2-4-6-19/h2-10,18,23-24,26,33H,11-17H2,1H3/t23-,24?,26+/m1/s1. The predicted octanol–water partition coefficient (Wildman–Crippen LogP) is 5.59. The number of alkyl halides is 3. The van der Waals surface area contributed by atoms with Gasteiger partial charge in [-0.15, -0.1) is 0 Å². The molecule has 1 saturated heterocycles. The molecule has 7 nitrogen and oxygen atoms in total. The summed E-state index contributed by atoms with van der Waals surface area (Å²) in [6, 6.07) is 14.3. The first kappa shape index (κ1) is 26.2. The van der Waals surface area contributed by atoms with Gasteiger partial charge in [-0.25, -0.2) is 4.68 Å². The Bertz CT molecular complexity index is 1220. The summed E-state index contributed by atoms with van der Waals surface area (Å²) < 4.78 is 53.8. The second kappa shape index (κ2) is 11.2. The molecule has 2 aromatic carbocycles. The average Bonchev–Trinajstić information content (AvgIpc) is 3.37. The third-order valence-corrected chi connectivity index (χ3v) is 7.37. The Balaban J connectivity index is 1.38. The fraction of sp³-hybridized carbons (Fsp3) is 0.429. The molecular formula is C28H31F3N4O3. The molecule has 0 radical (unpaired) electrons. The number of Topliss-reactive ketones (excluding diaryl/α,β-unsaturated/α-hetero) is 1. The number of ketones is 1. The summed E-state index contributed by atoms with van der Waals surface area (Å²) in [5.74, 6) is 0.639. The normalized spacial score (nSPS) is 20.8. The number of benzene rings is 2. The van der Waals surface area contributed by atoms with Crippen LogP contribution in [-0.4, -0.2) is 60.1 Å². The van der Waals surface area contributed by atoms with Crippen LogP contribution in [0.1, 0.15) is 58.9 Å². The highest BCUT2D eigenvalue weighted by molar-refractivity contribution is 6.00. The minimum atomic E-state index is -4.49. The van der Waals surface area contributed by atoms with Crippen LogP contribution >= 0.6 is 0 Å². The zero-order valence-electron chi connectivity index (χ0n) is 21.2. The number of morpholine rings is 1. The van der Waals surface area contributed by atoms with E-state index in [-0.39, 0.29) is 36.0 Å². The average molecular weight is 529 g/mol. The Kier molecular flexibility index (Phi) is 7.71. The number of rotatable bonds is 8. The summed E-state index contributed by atoms with van der Waals surface area (Å²) in [6.45, 7) is 2.70. The molecule has 1 aromatic heterocycles. The van der Waals surface area contributed by atoms with Crippen LogP contribution in [0.3, 0.4) is 0 Å². The summed E-state index contributed by atoms with van der Waals surface area (Å²) in [5, 5.41) is 7.20. The third-order valence-electron chi connectivity index (χ3n) is 7.37. The molecule has 3 aromatic rings. The first-order valence-electron chi connectivity index (χ1n) is 12.8. The lowest BCUT2D eigenvalue weighted by molar-refractivity contribution is -0.173. The lowest BCUT2D eigenvalue weighted by atomic mass is 9.95. The van der Waals surface area contributed by atoms with Crippen molar-refractivity contribution in [2.45, 2.75) is 43.6 Å². The van der Waals surface area contributed by atoms with E-state index in [0.717, 1.165) is 34.6 Å². The Morgan fingerprint density at radius 1 is 1.13 bits per heavy atom. The van der Waals surface area contributed by atoms with Crippen LogP contribution in [0.2, 0.25) is 0 Å². The molecule has 2 aliphatic heterocycles. The first-order chi connectivity index (χ1) is 18.3. The van der Waals surface area contributed by atoms with Gasteiger partial charge in [0.15, 0.2) is 11.8 Å². The number of anilines is 1. The smallest absolute Gasteiger partial charge is 0.410 e. The molecule has 0 amide bonds. The number of carbonyl (C=O) groups is 1. The highest BCUT2D eigenvalue weighted by atomic mass is 19.4. The fourth-order valence-electron chi connectivity index (χ4n) is 5.35. The monoisotopic (exact) mass is 528 g/mol. The van der Waals surface area contributed by atoms with Crippen molar-refractivity contribution in [3.63, 3.8) is 0 Å². The van der Waals surface area contributed by atoms with Crippen molar-refractivity contribution in [3.8, 4) is 5.75 Å². The van der Waals surface area contributed by atoms with Crippen molar-refractivity contribution in [3.05, 3.63) is 77.5 Å². The largest absolute Gasteiger partial charge is 0.497 e. The van der Waals surface area contributed by atoms with Crippen LogP contribution in [0.25, 0.3) is 0 Å². The summed E-state index contributed by atoms with van der Waals surface area (Å²) in [5.41, 5.74) is 1.98. The van der Waals surface area contributed by atoms with Crippen LogP contribution in [0.15, 0.2) is 60.8 Å². The molecule has 0 bridgehead atoms. The summed E-state index contributed by atoms with van der Waals surface area (Å²) in [4.78, 5) is 15.7. The van der Waals surface area contributed by atoms with Crippen LogP contribution < -0.4 is 10.1 Å². The Labute approximate surface area is 219 Å². The number of carbonyl (C=O) groups excluding carboxylic acids is 1. The van der Waals surface area contributed by atoms with E-state index in [2.05, 4.69) is 15.3 Å². The van der Waals surface area contributed by atoms with Gasteiger partial charge in [0.05, 0.1) is 38.1 Å². The lowest BCUT2D eigenvalue weighted by Crippen LogP contribution is -2.39. The first-order valence-corrected chi connectivity index (χ1v) is 12.8. The van der Waals surface area contributed by atoms with E-state index >= 15 is 0 Å². The Morgan fingerprint density at radius 3 is 2.50 bits per heavy atom. The summed E-state index contributed by atoms with van der Waals surface area (Å²) in [6.07, 6.45) is -2.74.